The van der Waals surface area contributed by atoms with Gasteiger partial charge in [-0.2, -0.15) is 0 Å². The van der Waals surface area contributed by atoms with E-state index in [1.807, 2.05) is 31.2 Å². The number of nitrogens with zero attached hydrogens (tertiary/aromatic N) is 3. The smallest absolute Gasteiger partial charge is 0.164 e. The van der Waals surface area contributed by atoms with Crippen LogP contribution in [0.25, 0.3) is 20.7 Å². The van der Waals surface area contributed by atoms with Gasteiger partial charge in [0.2, 0.25) is 0 Å². The van der Waals surface area contributed by atoms with E-state index in [0.717, 1.165) is 65.0 Å². The highest BCUT2D eigenvalue weighted by atomic mass is 32.1. The average Bonchev–Trinajstić information content (AvgIpc) is 3.14. The highest BCUT2D eigenvalue weighted by Gasteiger charge is 2.22. The zero-order valence-corrected chi connectivity index (χ0v) is 17.2. The maximum Gasteiger partial charge on any atom is 0.164 e. The van der Waals surface area contributed by atoms with Crippen LogP contribution in [0.4, 0.5) is 5.82 Å². The third kappa shape index (κ3) is 4.27. The lowest BCUT2D eigenvalue weighted by Crippen LogP contribution is -2.38. The molecular formula is C20H25N5O3S. The number of nitrogen functional groups attached to an aromatic ring is 1. The van der Waals surface area contributed by atoms with Crippen LogP contribution in [-0.2, 0) is 4.74 Å². The Kier molecular flexibility index (Phi) is 6.40. The van der Waals surface area contributed by atoms with Crippen LogP contribution >= 0.6 is 11.3 Å². The first kappa shape index (κ1) is 19.8. The van der Waals surface area contributed by atoms with Gasteiger partial charge in [0, 0.05) is 25.2 Å². The van der Waals surface area contributed by atoms with Crippen LogP contribution in [0.3, 0.4) is 0 Å². The molecule has 0 aliphatic carbocycles. The Morgan fingerprint density at radius 1 is 1.21 bits per heavy atom. The molecule has 1 saturated heterocycles. The van der Waals surface area contributed by atoms with Crippen molar-refractivity contribution in [3.8, 4) is 21.9 Å². The van der Waals surface area contributed by atoms with E-state index < -0.39 is 0 Å². The molecule has 3 heterocycles. The van der Waals surface area contributed by atoms with Gasteiger partial charge in [0.25, 0.3) is 0 Å². The van der Waals surface area contributed by atoms with Crippen molar-refractivity contribution in [2.75, 3.05) is 51.5 Å². The number of fused-ring (bicyclic) bond motifs is 1. The fourth-order valence-corrected chi connectivity index (χ4v) is 4.52. The van der Waals surface area contributed by atoms with Gasteiger partial charge in [-0.15, -0.1) is 11.3 Å². The number of nitrogens with two attached hydrogens (primary N) is 1. The number of para-hydroxylation sites is 1. The van der Waals surface area contributed by atoms with E-state index in [-0.39, 0.29) is 0 Å². The van der Waals surface area contributed by atoms with Gasteiger partial charge in [0.1, 0.15) is 28.9 Å². The molecule has 4 rings (SSSR count). The van der Waals surface area contributed by atoms with Crippen molar-refractivity contribution in [3.63, 3.8) is 0 Å². The quantitative estimate of drug-likeness (QED) is 0.428. The van der Waals surface area contributed by atoms with Crippen LogP contribution in [0.5, 0.6) is 11.5 Å². The summed E-state index contributed by atoms with van der Waals surface area (Å²) in [6, 6.07) is 7.96. The number of hydrazine groups is 1. The molecule has 8 nitrogen and oxygen atoms in total. The number of thiophene rings is 1. The zero-order chi connectivity index (χ0) is 20.1. The van der Waals surface area contributed by atoms with E-state index in [1.165, 1.54) is 6.33 Å². The molecule has 0 bridgehead atoms. The van der Waals surface area contributed by atoms with Crippen molar-refractivity contribution in [2.45, 2.75) is 6.92 Å². The third-order valence-electron chi connectivity index (χ3n) is 4.76. The molecule has 1 aliphatic heterocycles. The first-order valence-electron chi connectivity index (χ1n) is 9.71. The summed E-state index contributed by atoms with van der Waals surface area (Å²) in [5.41, 5.74) is 4.38. The number of ether oxygens (including phenoxy) is 3. The second kappa shape index (κ2) is 9.36. The predicted octanol–water partition coefficient (Wildman–Crippen LogP) is 2.75. The Morgan fingerprint density at radius 3 is 2.83 bits per heavy atom. The van der Waals surface area contributed by atoms with Crippen molar-refractivity contribution in [1.29, 1.82) is 0 Å². The molecule has 29 heavy (non-hydrogen) atoms. The number of nitrogens with one attached hydrogen (secondary N) is 1. The summed E-state index contributed by atoms with van der Waals surface area (Å²) in [5, 5.41) is 0. The zero-order valence-electron chi connectivity index (χ0n) is 16.4. The van der Waals surface area contributed by atoms with Crippen molar-refractivity contribution >= 4 is 27.4 Å². The highest BCUT2D eigenvalue weighted by molar-refractivity contribution is 7.23. The van der Waals surface area contributed by atoms with Gasteiger partial charge < -0.3 is 19.6 Å². The molecule has 0 spiro atoms. The summed E-state index contributed by atoms with van der Waals surface area (Å²) < 4.78 is 18.4. The second-order valence-electron chi connectivity index (χ2n) is 6.54. The monoisotopic (exact) mass is 415 g/mol. The minimum absolute atomic E-state index is 0.561. The summed E-state index contributed by atoms with van der Waals surface area (Å²) in [7, 11) is 0. The largest absolute Gasteiger partial charge is 0.493 e. The van der Waals surface area contributed by atoms with E-state index >= 15 is 0 Å². The minimum Gasteiger partial charge on any atom is -0.493 e. The van der Waals surface area contributed by atoms with Crippen LogP contribution in [0.1, 0.15) is 6.92 Å². The molecule has 3 N–H and O–H groups in total. The lowest BCUT2D eigenvalue weighted by molar-refractivity contribution is 0.0324. The maximum absolute atomic E-state index is 6.29. The fourth-order valence-electron chi connectivity index (χ4n) is 3.34. The Balaban J connectivity index is 1.70. The van der Waals surface area contributed by atoms with Gasteiger partial charge in [-0.3, -0.25) is 4.90 Å². The molecule has 154 valence electrons. The Labute approximate surface area is 173 Å². The maximum atomic E-state index is 6.29. The van der Waals surface area contributed by atoms with Crippen molar-refractivity contribution in [1.82, 2.24) is 14.9 Å². The van der Waals surface area contributed by atoms with Gasteiger partial charge in [-0.25, -0.2) is 15.8 Å². The van der Waals surface area contributed by atoms with Crippen molar-refractivity contribution in [2.24, 2.45) is 5.84 Å². The van der Waals surface area contributed by atoms with E-state index in [2.05, 4.69) is 20.3 Å². The molecule has 9 heteroatoms. The standard InChI is InChI=1S/C20H25N5O3S/c1-2-27-15-6-4-3-5-14(15)18-17(28-12-9-25-7-10-26-11-8-25)16-19(29-18)20(24-21)23-13-22-16/h3-6,13H,2,7-12,21H2,1H3,(H,22,23,24). The molecule has 0 saturated carbocycles. The number of hydrogen-bond donors (Lipinski definition) is 2. The number of benzene rings is 1. The highest BCUT2D eigenvalue weighted by Crippen LogP contribution is 2.47. The summed E-state index contributed by atoms with van der Waals surface area (Å²) >= 11 is 1.55. The number of aromatic nitrogens is 2. The van der Waals surface area contributed by atoms with Crippen molar-refractivity contribution < 1.29 is 14.2 Å². The van der Waals surface area contributed by atoms with E-state index in [0.29, 0.717) is 19.0 Å². The molecule has 0 atom stereocenters. The summed E-state index contributed by atoms with van der Waals surface area (Å²) in [5.74, 6) is 7.81. The van der Waals surface area contributed by atoms with Gasteiger partial charge in [-0.1, -0.05) is 12.1 Å². The van der Waals surface area contributed by atoms with Gasteiger partial charge in [0.05, 0.1) is 24.7 Å². The molecule has 1 aliphatic rings. The van der Waals surface area contributed by atoms with E-state index in [4.69, 9.17) is 20.1 Å². The van der Waals surface area contributed by atoms with Crippen LogP contribution in [0, 0.1) is 0 Å². The normalized spacial score (nSPS) is 14.8. The van der Waals surface area contributed by atoms with Gasteiger partial charge in [-0.05, 0) is 19.1 Å². The molecule has 0 amide bonds. The lowest BCUT2D eigenvalue weighted by Gasteiger charge is -2.26. The molecule has 0 unspecified atom stereocenters. The van der Waals surface area contributed by atoms with E-state index in [1.54, 1.807) is 11.3 Å². The Bertz CT molecular complexity index is 958. The SMILES string of the molecule is CCOc1ccccc1-c1sc2c(NN)ncnc2c1OCCN1CCOCC1. The van der Waals surface area contributed by atoms with E-state index in [9.17, 15) is 0 Å². The average molecular weight is 416 g/mol. The number of hydrogen-bond acceptors (Lipinski definition) is 9. The Morgan fingerprint density at radius 2 is 2.03 bits per heavy atom. The Hall–Kier alpha value is -2.46. The fraction of sp³-hybridized carbons (Fsp3) is 0.400. The van der Waals surface area contributed by atoms with Gasteiger partial charge >= 0.3 is 0 Å². The van der Waals surface area contributed by atoms with Crippen LogP contribution < -0.4 is 20.7 Å². The second-order valence-corrected chi connectivity index (χ2v) is 7.56. The molecule has 2 aromatic heterocycles. The summed E-state index contributed by atoms with van der Waals surface area (Å²) in [6.45, 7) is 7.36. The molecule has 3 aromatic rings. The van der Waals surface area contributed by atoms with Crippen LogP contribution in [0.15, 0.2) is 30.6 Å². The first-order chi connectivity index (χ1) is 14.3. The molecular weight excluding hydrogens is 390 g/mol. The molecule has 1 aromatic carbocycles. The molecule has 0 radical (unpaired) electrons. The first-order valence-corrected chi connectivity index (χ1v) is 10.5. The molecule has 1 fully saturated rings. The van der Waals surface area contributed by atoms with Crippen LogP contribution in [-0.4, -0.2) is 60.9 Å². The van der Waals surface area contributed by atoms with Gasteiger partial charge in [0.15, 0.2) is 11.6 Å². The topological polar surface area (TPSA) is 94.8 Å². The number of rotatable bonds is 8. The van der Waals surface area contributed by atoms with Crippen molar-refractivity contribution in [3.05, 3.63) is 30.6 Å². The summed E-state index contributed by atoms with van der Waals surface area (Å²) in [4.78, 5) is 12.0. The lowest BCUT2D eigenvalue weighted by atomic mass is 10.1. The van der Waals surface area contributed by atoms with Crippen LogP contribution in [0.2, 0.25) is 0 Å². The third-order valence-corrected chi connectivity index (χ3v) is 5.96. The predicted molar refractivity (Wildman–Crippen MR) is 115 cm³/mol. The number of morpholine rings is 1. The summed E-state index contributed by atoms with van der Waals surface area (Å²) in [6.07, 6.45) is 1.50. The number of anilines is 1. The minimum atomic E-state index is 0.561.